The minimum absolute atomic E-state index is 0.0186. The third kappa shape index (κ3) is 2.26. The third-order valence-electron chi connectivity index (χ3n) is 6.70. The normalized spacial score (nSPS) is 32.9. The second-order valence-corrected chi connectivity index (χ2v) is 8.38. The molecule has 4 aliphatic carbocycles. The topological polar surface area (TPSA) is 56.5 Å². The number of rotatable bonds is 3. The van der Waals surface area contributed by atoms with E-state index in [2.05, 4.69) is 0 Å². The highest BCUT2D eigenvalue weighted by Crippen LogP contribution is 2.60. The van der Waals surface area contributed by atoms with Crippen molar-refractivity contribution in [1.29, 1.82) is 0 Å². The Morgan fingerprint density at radius 1 is 1.08 bits per heavy atom. The number of hydrogen-bond donors (Lipinski definition) is 0. The van der Waals surface area contributed by atoms with Gasteiger partial charge in [-0.15, -0.1) is 0 Å². The van der Waals surface area contributed by atoms with Crippen molar-refractivity contribution in [1.82, 2.24) is 0 Å². The summed E-state index contributed by atoms with van der Waals surface area (Å²) in [5.74, 6) is 2.72. The lowest BCUT2D eigenvalue weighted by Gasteiger charge is -2.55. The molecule has 0 radical (unpaired) electrons. The highest BCUT2D eigenvalue weighted by Gasteiger charge is 2.55. The van der Waals surface area contributed by atoms with Gasteiger partial charge in [0.1, 0.15) is 16.9 Å². The lowest BCUT2D eigenvalue weighted by molar-refractivity contribution is -0.0354. The second kappa shape index (κ2) is 5.20. The molecule has 4 bridgehead atoms. The van der Waals surface area contributed by atoms with Crippen LogP contribution in [0.4, 0.5) is 0 Å². The van der Waals surface area contributed by atoms with Gasteiger partial charge in [0.15, 0.2) is 5.78 Å². The van der Waals surface area contributed by atoms with Gasteiger partial charge in [-0.3, -0.25) is 4.79 Å². The number of carbonyl (C=O) groups excluding carboxylic acids is 1. The zero-order valence-electron chi connectivity index (χ0n) is 14.4. The first-order chi connectivity index (χ1) is 12.1. The first-order valence-electron chi connectivity index (χ1n) is 9.23. The first-order valence-corrected chi connectivity index (χ1v) is 9.23. The quantitative estimate of drug-likeness (QED) is 0.622. The van der Waals surface area contributed by atoms with Crippen LogP contribution in [0.2, 0.25) is 0 Å². The summed E-state index contributed by atoms with van der Waals surface area (Å²) in [5, 5.41) is 0.743. The molecule has 6 rings (SSSR count). The van der Waals surface area contributed by atoms with Crippen molar-refractivity contribution in [2.24, 2.45) is 23.2 Å². The number of benzene rings is 1. The van der Waals surface area contributed by atoms with Crippen molar-refractivity contribution in [2.75, 3.05) is 7.11 Å². The Hall–Kier alpha value is -2.10. The van der Waals surface area contributed by atoms with Crippen LogP contribution in [0.3, 0.4) is 0 Å². The van der Waals surface area contributed by atoms with E-state index >= 15 is 0 Å². The number of methoxy groups -OCH3 is 1. The van der Waals surface area contributed by atoms with Crippen LogP contribution in [0.25, 0.3) is 11.0 Å². The molecule has 0 aliphatic heterocycles. The van der Waals surface area contributed by atoms with Crippen molar-refractivity contribution in [3.63, 3.8) is 0 Å². The van der Waals surface area contributed by atoms with Gasteiger partial charge in [-0.05, 0) is 80.5 Å². The fourth-order valence-corrected chi connectivity index (χ4v) is 6.06. The highest BCUT2D eigenvalue weighted by atomic mass is 16.5. The number of carbonyl (C=O) groups is 1. The molecular weight excluding hydrogens is 316 g/mol. The summed E-state index contributed by atoms with van der Waals surface area (Å²) in [6, 6.07) is 7.00. The van der Waals surface area contributed by atoms with Gasteiger partial charge in [0.25, 0.3) is 0 Å². The molecule has 25 heavy (non-hydrogen) atoms. The molecule has 0 spiro atoms. The van der Waals surface area contributed by atoms with E-state index in [0.29, 0.717) is 29.1 Å². The predicted molar refractivity (Wildman–Crippen MR) is 94.0 cm³/mol. The van der Waals surface area contributed by atoms with Crippen molar-refractivity contribution in [2.45, 2.75) is 38.5 Å². The monoisotopic (exact) mass is 338 g/mol. The third-order valence-corrected chi connectivity index (χ3v) is 6.70. The van der Waals surface area contributed by atoms with Gasteiger partial charge in [-0.2, -0.15) is 0 Å². The smallest absolute Gasteiger partial charge is 0.347 e. The lowest BCUT2D eigenvalue weighted by Crippen LogP contribution is -2.50. The van der Waals surface area contributed by atoms with Gasteiger partial charge in [-0.25, -0.2) is 4.79 Å². The molecule has 0 atom stereocenters. The molecule has 2 aromatic rings. The maximum absolute atomic E-state index is 13.4. The summed E-state index contributed by atoms with van der Waals surface area (Å²) < 4.78 is 10.7. The van der Waals surface area contributed by atoms with E-state index in [0.717, 1.165) is 24.6 Å². The number of Topliss-reactive ketones (excluding diaryl/α,β-unsaturated/α-hetero) is 1. The second-order valence-electron chi connectivity index (χ2n) is 8.38. The summed E-state index contributed by atoms with van der Waals surface area (Å²) >= 11 is 0. The fraction of sp³-hybridized carbons (Fsp3) is 0.524. The molecule has 1 aromatic carbocycles. The Bertz CT molecular complexity index is 888. The summed E-state index contributed by atoms with van der Waals surface area (Å²) in [6.45, 7) is 0. The molecule has 4 heteroatoms. The van der Waals surface area contributed by atoms with Gasteiger partial charge >= 0.3 is 5.63 Å². The molecule has 130 valence electrons. The van der Waals surface area contributed by atoms with Crippen molar-refractivity contribution in [3.05, 3.63) is 40.2 Å². The molecule has 0 unspecified atom stereocenters. The van der Waals surface area contributed by atoms with E-state index in [1.807, 2.05) is 6.07 Å². The average Bonchev–Trinajstić information content (AvgIpc) is 2.59. The molecule has 4 fully saturated rings. The summed E-state index contributed by atoms with van der Waals surface area (Å²) in [6.07, 6.45) is 6.68. The number of ketones is 1. The molecule has 1 aromatic heterocycles. The van der Waals surface area contributed by atoms with Gasteiger partial charge in [-0.1, -0.05) is 0 Å². The van der Waals surface area contributed by atoms with E-state index in [1.165, 1.54) is 19.3 Å². The molecule has 4 saturated carbocycles. The molecule has 4 aliphatic rings. The standard InChI is InChI=1S/C21H22O4/c1-24-16-2-3-18-15(7-16)8-17(20(23)25-18)19(22)21-9-12-4-13(10-21)6-14(5-12)11-21/h2-3,7-8,12-14H,4-6,9-11H2,1H3. The predicted octanol–water partition coefficient (Wildman–Crippen LogP) is 4.20. The maximum Gasteiger partial charge on any atom is 0.347 e. The van der Waals surface area contributed by atoms with Gasteiger partial charge in [0, 0.05) is 10.8 Å². The Morgan fingerprint density at radius 3 is 2.32 bits per heavy atom. The Labute approximate surface area is 146 Å². The Kier molecular flexibility index (Phi) is 3.16. The number of fused-ring (bicyclic) bond motifs is 1. The van der Waals surface area contributed by atoms with Crippen LogP contribution >= 0.6 is 0 Å². The average molecular weight is 338 g/mol. The molecule has 0 N–H and O–H groups in total. The van der Waals surface area contributed by atoms with Crippen molar-refractivity contribution < 1.29 is 13.9 Å². The largest absolute Gasteiger partial charge is 0.497 e. The Balaban J connectivity index is 1.59. The minimum Gasteiger partial charge on any atom is -0.497 e. The number of ether oxygens (including phenoxy) is 1. The maximum atomic E-state index is 13.4. The van der Waals surface area contributed by atoms with Crippen LogP contribution in [0.1, 0.15) is 48.9 Å². The molecule has 1 heterocycles. The van der Waals surface area contributed by atoms with E-state index in [-0.39, 0.29) is 16.8 Å². The van der Waals surface area contributed by atoms with E-state index in [4.69, 9.17) is 9.15 Å². The van der Waals surface area contributed by atoms with E-state index in [1.54, 1.807) is 25.3 Å². The molecular formula is C21H22O4. The molecule has 0 saturated heterocycles. The van der Waals surface area contributed by atoms with Gasteiger partial charge in [0.2, 0.25) is 0 Å². The lowest BCUT2D eigenvalue weighted by atomic mass is 9.48. The SMILES string of the molecule is COc1ccc2oc(=O)c(C(=O)C34CC5CC(CC(C5)C3)C4)cc2c1. The van der Waals surface area contributed by atoms with E-state index < -0.39 is 5.63 Å². The zero-order valence-corrected chi connectivity index (χ0v) is 14.4. The summed E-state index contributed by atoms with van der Waals surface area (Å²) in [7, 11) is 1.60. The summed E-state index contributed by atoms with van der Waals surface area (Å²) in [4.78, 5) is 25.9. The van der Waals surface area contributed by atoms with Crippen LogP contribution in [-0.2, 0) is 0 Å². The van der Waals surface area contributed by atoms with Gasteiger partial charge in [0.05, 0.1) is 7.11 Å². The Morgan fingerprint density at radius 2 is 1.72 bits per heavy atom. The van der Waals surface area contributed by atoms with Crippen LogP contribution in [-0.4, -0.2) is 12.9 Å². The van der Waals surface area contributed by atoms with Crippen molar-refractivity contribution in [3.8, 4) is 5.75 Å². The number of hydrogen-bond acceptors (Lipinski definition) is 4. The van der Waals surface area contributed by atoms with Gasteiger partial charge < -0.3 is 9.15 Å². The summed E-state index contributed by atoms with van der Waals surface area (Å²) in [5.41, 5.74) is -0.107. The minimum atomic E-state index is -0.501. The van der Waals surface area contributed by atoms with Crippen LogP contribution < -0.4 is 10.4 Å². The van der Waals surface area contributed by atoms with Crippen molar-refractivity contribution >= 4 is 16.8 Å². The van der Waals surface area contributed by atoms with Crippen LogP contribution in [0.15, 0.2) is 33.5 Å². The first kappa shape index (κ1) is 15.2. The fourth-order valence-electron chi connectivity index (χ4n) is 6.06. The van der Waals surface area contributed by atoms with Crippen LogP contribution in [0.5, 0.6) is 5.75 Å². The molecule has 4 nitrogen and oxygen atoms in total. The zero-order chi connectivity index (χ0) is 17.2. The highest BCUT2D eigenvalue weighted by molar-refractivity contribution is 6.02. The van der Waals surface area contributed by atoms with Crippen LogP contribution in [0, 0.1) is 23.2 Å². The van der Waals surface area contributed by atoms with E-state index in [9.17, 15) is 9.59 Å². The molecule has 0 amide bonds.